The van der Waals surface area contributed by atoms with Crippen LogP contribution in [-0.4, -0.2) is 25.1 Å². The van der Waals surface area contributed by atoms with E-state index in [1.54, 1.807) is 36.4 Å². The van der Waals surface area contributed by atoms with Gasteiger partial charge in [-0.25, -0.2) is 0 Å². The van der Waals surface area contributed by atoms with Crippen LogP contribution in [0, 0.1) is 0 Å². The molecule has 21 heavy (non-hydrogen) atoms. The highest BCUT2D eigenvalue weighted by Gasteiger charge is 2.12. The van der Waals surface area contributed by atoms with E-state index < -0.39 is 0 Å². The summed E-state index contributed by atoms with van der Waals surface area (Å²) in [5, 5.41) is 0. The van der Waals surface area contributed by atoms with Crippen molar-refractivity contribution in [1.29, 1.82) is 0 Å². The SMILES string of the molecule is O=Cc1cccc(Cc2cccc(C=O)c2C=O)c1C=O. The summed E-state index contributed by atoms with van der Waals surface area (Å²) in [4.78, 5) is 44.3. The van der Waals surface area contributed by atoms with Crippen LogP contribution in [0.15, 0.2) is 36.4 Å². The highest BCUT2D eigenvalue weighted by Crippen LogP contribution is 2.19. The van der Waals surface area contributed by atoms with E-state index in [9.17, 15) is 19.2 Å². The van der Waals surface area contributed by atoms with Gasteiger partial charge in [-0.3, -0.25) is 19.2 Å². The van der Waals surface area contributed by atoms with Crippen molar-refractivity contribution in [2.75, 3.05) is 0 Å². The summed E-state index contributed by atoms with van der Waals surface area (Å²) in [5.41, 5.74) is 2.51. The topological polar surface area (TPSA) is 68.3 Å². The molecule has 0 aliphatic carbocycles. The van der Waals surface area contributed by atoms with Crippen LogP contribution in [0.3, 0.4) is 0 Å². The van der Waals surface area contributed by atoms with Crippen molar-refractivity contribution >= 4 is 25.1 Å². The van der Waals surface area contributed by atoms with Gasteiger partial charge in [0.25, 0.3) is 0 Å². The lowest BCUT2D eigenvalue weighted by Gasteiger charge is -2.10. The molecule has 4 heteroatoms. The van der Waals surface area contributed by atoms with Gasteiger partial charge in [0.15, 0.2) is 25.1 Å². The summed E-state index contributed by atoms with van der Waals surface area (Å²) in [6.45, 7) is 0. The first-order valence-electron chi connectivity index (χ1n) is 6.29. The van der Waals surface area contributed by atoms with E-state index in [0.29, 0.717) is 64.9 Å². The van der Waals surface area contributed by atoms with Gasteiger partial charge in [0.2, 0.25) is 0 Å². The quantitative estimate of drug-likeness (QED) is 0.762. The molecule has 0 saturated carbocycles. The van der Waals surface area contributed by atoms with Gasteiger partial charge in [-0.2, -0.15) is 0 Å². The molecule has 0 aliphatic rings. The number of rotatable bonds is 6. The molecule has 104 valence electrons. The fraction of sp³-hybridized carbons (Fsp3) is 0.0588. The van der Waals surface area contributed by atoms with Crippen LogP contribution >= 0.6 is 0 Å². The predicted molar refractivity (Wildman–Crippen MR) is 77.2 cm³/mol. The van der Waals surface area contributed by atoms with Gasteiger partial charge in [-0.05, 0) is 17.5 Å². The standard InChI is InChI=1S/C17H12O4/c18-8-14-5-1-3-12(16(14)10-20)7-13-4-2-6-15(9-19)17(13)11-21/h1-6,8-11H,7H2. The van der Waals surface area contributed by atoms with Crippen LogP contribution in [0.5, 0.6) is 0 Å². The van der Waals surface area contributed by atoms with Crippen LogP contribution < -0.4 is 0 Å². The molecule has 0 aromatic heterocycles. The second-order valence-corrected chi connectivity index (χ2v) is 4.49. The molecule has 2 aromatic rings. The van der Waals surface area contributed by atoms with Gasteiger partial charge in [0, 0.05) is 22.3 Å². The van der Waals surface area contributed by atoms with Gasteiger partial charge < -0.3 is 0 Å². The van der Waals surface area contributed by atoms with E-state index in [-0.39, 0.29) is 0 Å². The Labute approximate surface area is 121 Å². The van der Waals surface area contributed by atoms with Crippen molar-refractivity contribution < 1.29 is 19.2 Å². The number of carbonyl (C=O) groups excluding carboxylic acids is 4. The summed E-state index contributed by atoms with van der Waals surface area (Å²) < 4.78 is 0. The summed E-state index contributed by atoms with van der Waals surface area (Å²) in [7, 11) is 0. The first kappa shape index (κ1) is 14.5. The third-order valence-electron chi connectivity index (χ3n) is 3.33. The van der Waals surface area contributed by atoms with Crippen molar-refractivity contribution in [3.8, 4) is 0 Å². The summed E-state index contributed by atoms with van der Waals surface area (Å²) in [6, 6.07) is 9.91. The molecule has 2 rings (SSSR count). The van der Waals surface area contributed by atoms with Crippen LogP contribution in [-0.2, 0) is 6.42 Å². The smallest absolute Gasteiger partial charge is 0.151 e. The van der Waals surface area contributed by atoms with E-state index in [4.69, 9.17) is 0 Å². The van der Waals surface area contributed by atoms with Crippen molar-refractivity contribution in [2.24, 2.45) is 0 Å². The number of carbonyl (C=O) groups is 4. The normalized spacial score (nSPS) is 9.90. The summed E-state index contributed by atoms with van der Waals surface area (Å²) >= 11 is 0. The molecule has 0 atom stereocenters. The predicted octanol–water partition coefficient (Wildman–Crippen LogP) is 2.53. The largest absolute Gasteiger partial charge is 0.298 e. The Bertz CT molecular complexity index is 655. The van der Waals surface area contributed by atoms with Gasteiger partial charge >= 0.3 is 0 Å². The highest BCUT2D eigenvalue weighted by atomic mass is 16.1. The minimum Gasteiger partial charge on any atom is -0.298 e. The zero-order valence-electron chi connectivity index (χ0n) is 11.1. The Morgan fingerprint density at radius 1 is 0.619 bits per heavy atom. The zero-order valence-corrected chi connectivity index (χ0v) is 11.1. The first-order chi connectivity index (χ1) is 10.2. The van der Waals surface area contributed by atoms with E-state index >= 15 is 0 Å². The Kier molecular flexibility index (Phi) is 4.51. The van der Waals surface area contributed by atoms with Gasteiger partial charge in [-0.1, -0.05) is 36.4 Å². The monoisotopic (exact) mass is 280 g/mol. The lowest BCUT2D eigenvalue weighted by Crippen LogP contribution is -2.03. The minimum absolute atomic E-state index is 0.297. The fourth-order valence-electron chi connectivity index (χ4n) is 2.27. The third kappa shape index (κ3) is 2.84. The molecule has 0 heterocycles. The Balaban J connectivity index is 2.53. The number of aldehydes is 4. The number of benzene rings is 2. The molecule has 0 aliphatic heterocycles. The molecular formula is C17H12O4. The average molecular weight is 280 g/mol. The molecule has 0 saturated heterocycles. The minimum atomic E-state index is 0.297. The fourth-order valence-corrected chi connectivity index (χ4v) is 2.27. The van der Waals surface area contributed by atoms with Gasteiger partial charge in [0.1, 0.15) is 0 Å². The Morgan fingerprint density at radius 2 is 1.05 bits per heavy atom. The maximum atomic E-state index is 11.2. The van der Waals surface area contributed by atoms with Gasteiger partial charge in [-0.15, -0.1) is 0 Å². The summed E-state index contributed by atoms with van der Waals surface area (Å²) in [6.07, 6.45) is 2.80. The van der Waals surface area contributed by atoms with E-state index in [0.717, 1.165) is 0 Å². The second-order valence-electron chi connectivity index (χ2n) is 4.49. The van der Waals surface area contributed by atoms with Crippen LogP contribution in [0.25, 0.3) is 0 Å². The summed E-state index contributed by atoms with van der Waals surface area (Å²) in [5.74, 6) is 0. The number of hydrogen-bond donors (Lipinski definition) is 0. The average Bonchev–Trinajstić information content (AvgIpc) is 2.54. The molecule has 0 amide bonds. The molecule has 0 N–H and O–H groups in total. The molecule has 0 spiro atoms. The third-order valence-corrected chi connectivity index (χ3v) is 3.33. The first-order valence-corrected chi connectivity index (χ1v) is 6.29. The van der Waals surface area contributed by atoms with Gasteiger partial charge in [0.05, 0.1) is 0 Å². The second kappa shape index (κ2) is 6.52. The van der Waals surface area contributed by atoms with Crippen molar-refractivity contribution in [2.45, 2.75) is 6.42 Å². The number of hydrogen-bond acceptors (Lipinski definition) is 4. The lowest BCUT2D eigenvalue weighted by molar-refractivity contribution is 0.109. The molecule has 2 aromatic carbocycles. The molecule has 0 fully saturated rings. The van der Waals surface area contributed by atoms with E-state index in [1.165, 1.54) is 0 Å². The van der Waals surface area contributed by atoms with Crippen LogP contribution in [0.2, 0.25) is 0 Å². The van der Waals surface area contributed by atoms with Crippen molar-refractivity contribution in [3.05, 3.63) is 69.8 Å². The molecule has 0 bridgehead atoms. The zero-order chi connectivity index (χ0) is 15.2. The van der Waals surface area contributed by atoms with E-state index in [2.05, 4.69) is 0 Å². The molecule has 4 nitrogen and oxygen atoms in total. The van der Waals surface area contributed by atoms with Crippen molar-refractivity contribution in [1.82, 2.24) is 0 Å². The Hall–Kier alpha value is -2.88. The molecule has 0 radical (unpaired) electrons. The van der Waals surface area contributed by atoms with Crippen LogP contribution in [0.4, 0.5) is 0 Å². The van der Waals surface area contributed by atoms with Crippen LogP contribution in [0.1, 0.15) is 52.6 Å². The molecular weight excluding hydrogens is 268 g/mol. The maximum absolute atomic E-state index is 11.2. The molecule has 0 unspecified atom stereocenters. The lowest BCUT2D eigenvalue weighted by atomic mass is 9.93. The highest BCUT2D eigenvalue weighted by molar-refractivity contribution is 5.93. The van der Waals surface area contributed by atoms with E-state index in [1.807, 2.05) is 0 Å². The van der Waals surface area contributed by atoms with Crippen molar-refractivity contribution in [3.63, 3.8) is 0 Å². The Morgan fingerprint density at radius 3 is 1.38 bits per heavy atom. The maximum Gasteiger partial charge on any atom is 0.151 e.